The minimum absolute atomic E-state index is 0.00592. The van der Waals surface area contributed by atoms with Crippen molar-refractivity contribution in [1.29, 1.82) is 0 Å². The van der Waals surface area contributed by atoms with E-state index in [2.05, 4.69) is 45.9 Å². The number of H-pyrrole nitrogens is 1. The molecule has 0 aliphatic carbocycles. The third-order valence-corrected chi connectivity index (χ3v) is 13.2. The maximum Gasteiger partial charge on any atom is 0.413 e. The number of Topliss-reactive ketones (excluding diaryl/α,β-unsaturated/α-hetero) is 1. The number of nitrogens with one attached hydrogen (secondary N) is 4. The quantitative estimate of drug-likeness (QED) is 0.0557. The highest BCUT2D eigenvalue weighted by Gasteiger charge is 2.22. The average molecular weight is 1330 g/mol. The lowest BCUT2D eigenvalue weighted by molar-refractivity contribution is -0.116. The highest BCUT2D eigenvalue weighted by Crippen LogP contribution is 2.40. The van der Waals surface area contributed by atoms with E-state index in [0.29, 0.717) is 112 Å². The van der Waals surface area contributed by atoms with Gasteiger partial charge >= 0.3 is 6.09 Å². The normalized spacial score (nSPS) is 10.6. The average Bonchev–Trinajstić information content (AvgIpc) is 1.18. The van der Waals surface area contributed by atoms with E-state index < -0.39 is 34.7 Å². The van der Waals surface area contributed by atoms with Gasteiger partial charge in [0.1, 0.15) is 46.3 Å². The lowest BCUT2D eigenvalue weighted by atomic mass is 10.1. The van der Waals surface area contributed by atoms with Crippen molar-refractivity contribution < 1.29 is 37.0 Å². The van der Waals surface area contributed by atoms with Gasteiger partial charge in [-0.25, -0.2) is 27.9 Å². The summed E-state index contributed by atoms with van der Waals surface area (Å²) in [7, 11) is 13.9. The summed E-state index contributed by atoms with van der Waals surface area (Å²) in [4.78, 5) is 64.3. The Kier molecular flexibility index (Phi) is 24.6. The molecule has 91 heavy (non-hydrogen) atoms. The molecule has 0 unspecified atom stereocenters. The molecule has 0 saturated carbocycles. The minimum Gasteiger partial charge on any atom is -0.480 e. The molecule has 0 saturated heterocycles. The van der Waals surface area contributed by atoms with Gasteiger partial charge < -0.3 is 56.0 Å². The van der Waals surface area contributed by atoms with Crippen LogP contribution >= 0.6 is 46.4 Å². The van der Waals surface area contributed by atoms with Crippen molar-refractivity contribution >= 4 is 116 Å². The van der Waals surface area contributed by atoms with Crippen LogP contribution in [0.15, 0.2) is 133 Å². The maximum absolute atomic E-state index is 14.4. The molecule has 27 heteroatoms. The standard InChI is InChI=1S/C21H20ClFN4O2.C19H19ClFN5O.C14H15ClFN3O.C10H13ClN2O2/c1-12(28)8-15-10-14(6-7-24-15)25-19-11-17(21(29)26-20(19)27(2)3)16-9-13(22)4-5-18(16)23;1-26(2)18-16(24-12-6-7-23-17(22)9-12)10-14(19(25-18)27-3)13-8-11(20)4-5-15(13)21;1-19(2)13-12(17)7-10(14(18-13)20-3)9-6-8(15)4-5-11(9)16;1-10(2,3)15-9(14)13-8-6-7(11)4-5-12-8/h4-7,9-11H,8H2,1-3H3,(H,24,25)(H,26,29);4-10H,1-3H3,(H3,22,23,24);4-7H,17H2,1-3H3;4-6H,1-3H3,(H,12,13,14). The Morgan fingerprint density at radius 3 is 1.54 bits per heavy atom. The van der Waals surface area contributed by atoms with Crippen LogP contribution in [0.3, 0.4) is 0 Å². The van der Waals surface area contributed by atoms with Gasteiger partial charge in [0.25, 0.3) is 5.56 Å². The Morgan fingerprint density at radius 1 is 0.571 bits per heavy atom. The number of hydrogen-bond acceptors (Lipinski definition) is 18. The summed E-state index contributed by atoms with van der Waals surface area (Å²) in [5.41, 5.74) is 16.2. The zero-order valence-electron chi connectivity index (χ0n) is 51.7. The fraction of sp³-hybridized carbons (Fsp3) is 0.219. The number of pyridine rings is 6. The first-order valence-electron chi connectivity index (χ1n) is 27.3. The predicted octanol–water partition coefficient (Wildman–Crippen LogP) is 14.8. The van der Waals surface area contributed by atoms with Crippen molar-refractivity contribution in [3.8, 4) is 45.1 Å². The molecular weight excluding hydrogens is 1260 g/mol. The zero-order chi connectivity index (χ0) is 67.0. The molecule has 3 aromatic carbocycles. The molecule has 9 aromatic rings. The molecule has 0 fully saturated rings. The van der Waals surface area contributed by atoms with E-state index in [-0.39, 0.29) is 23.3 Å². The molecule has 0 aliphatic heterocycles. The molecule has 0 radical (unpaired) electrons. The Hall–Kier alpha value is -9.55. The van der Waals surface area contributed by atoms with E-state index in [0.717, 1.165) is 5.69 Å². The van der Waals surface area contributed by atoms with Crippen LogP contribution in [0.2, 0.25) is 20.1 Å². The number of nitrogens with two attached hydrogens (primary N) is 2. The lowest BCUT2D eigenvalue weighted by Gasteiger charge is -2.20. The number of methoxy groups -OCH3 is 2. The molecule has 0 spiro atoms. The van der Waals surface area contributed by atoms with E-state index in [1.807, 2.05) is 33.1 Å². The minimum atomic E-state index is -0.545. The topological polar surface area (TPSA) is 257 Å². The van der Waals surface area contributed by atoms with Gasteiger partial charge in [0, 0.05) is 138 Å². The number of nitrogens with zero attached hydrogens (tertiary/aromatic N) is 8. The van der Waals surface area contributed by atoms with Gasteiger partial charge in [-0.05, 0) is 131 Å². The molecule has 8 N–H and O–H groups in total. The number of amides is 1. The summed E-state index contributed by atoms with van der Waals surface area (Å²) in [6, 6.07) is 27.8. The number of aromatic amines is 1. The second-order valence-electron chi connectivity index (χ2n) is 21.3. The number of halogens is 7. The third-order valence-electron chi connectivity index (χ3n) is 12.3. The molecule has 0 bridgehead atoms. The van der Waals surface area contributed by atoms with Crippen LogP contribution < -0.4 is 57.2 Å². The fourth-order valence-corrected chi connectivity index (χ4v) is 9.06. The highest BCUT2D eigenvalue weighted by atomic mass is 35.5. The van der Waals surface area contributed by atoms with Gasteiger partial charge in [0.05, 0.1) is 36.8 Å². The Balaban J connectivity index is 0.000000198. The Labute approximate surface area is 544 Å². The molecule has 9 rings (SSSR count). The van der Waals surface area contributed by atoms with E-state index in [1.54, 1.807) is 118 Å². The maximum atomic E-state index is 14.4. The summed E-state index contributed by atoms with van der Waals surface area (Å²) >= 11 is 23.7. The smallest absolute Gasteiger partial charge is 0.413 e. The van der Waals surface area contributed by atoms with Crippen molar-refractivity contribution in [3.05, 3.63) is 181 Å². The number of carbonyl (C=O) groups excluding carboxylic acids is 2. The van der Waals surface area contributed by atoms with E-state index in [1.165, 1.54) is 75.9 Å². The van der Waals surface area contributed by atoms with Gasteiger partial charge in [-0.1, -0.05) is 46.4 Å². The first-order chi connectivity index (χ1) is 42.9. The van der Waals surface area contributed by atoms with Gasteiger partial charge in [-0.15, -0.1) is 0 Å². The van der Waals surface area contributed by atoms with E-state index in [9.17, 15) is 27.6 Å². The molecule has 0 atom stereocenters. The van der Waals surface area contributed by atoms with Crippen LogP contribution in [0.5, 0.6) is 11.8 Å². The number of hydrogen-bond donors (Lipinski definition) is 6. The van der Waals surface area contributed by atoms with E-state index >= 15 is 0 Å². The number of nitrogen functional groups attached to an aromatic ring is 2. The number of aromatic nitrogens is 6. The molecule has 6 aromatic heterocycles. The van der Waals surface area contributed by atoms with Crippen LogP contribution in [-0.4, -0.2) is 104 Å². The molecule has 0 aliphatic rings. The van der Waals surface area contributed by atoms with Crippen LogP contribution in [-0.2, 0) is 16.0 Å². The van der Waals surface area contributed by atoms with Crippen molar-refractivity contribution in [2.24, 2.45) is 0 Å². The SMILES string of the molecule is CC(=O)Cc1cc(Nc2cc(-c3cc(Cl)ccc3F)c(=O)[nH]c2N(C)C)ccn1.CC(C)(C)OC(=O)Nc1cc(Cl)ccn1.COc1nc(N(C)C)c(N)cc1-c1cc(Cl)ccc1F.COc1nc(N(C)C)c(Nc2ccnc(N)c2)cc1-c1cc(Cl)ccc1F. The van der Waals surface area contributed by atoms with Crippen LogP contribution in [0.1, 0.15) is 33.4 Å². The van der Waals surface area contributed by atoms with Crippen LogP contribution in [0.25, 0.3) is 33.4 Å². The van der Waals surface area contributed by atoms with Gasteiger partial charge in [-0.3, -0.25) is 19.9 Å². The largest absolute Gasteiger partial charge is 0.480 e. The van der Waals surface area contributed by atoms with Crippen LogP contribution in [0, 0.1) is 17.5 Å². The first-order valence-corrected chi connectivity index (χ1v) is 28.9. The summed E-state index contributed by atoms with van der Waals surface area (Å²) in [6.07, 6.45) is 4.38. The summed E-state index contributed by atoms with van der Waals surface area (Å²) in [5, 5.41) is 10.6. The number of rotatable bonds is 15. The van der Waals surface area contributed by atoms with E-state index in [4.69, 9.17) is 72.1 Å². The third kappa shape index (κ3) is 20.2. The van der Waals surface area contributed by atoms with Gasteiger partial charge in [-0.2, -0.15) is 9.97 Å². The summed E-state index contributed by atoms with van der Waals surface area (Å²) in [5.74, 6) is 1.67. The second-order valence-corrected chi connectivity index (χ2v) is 23.1. The Morgan fingerprint density at radius 2 is 1.04 bits per heavy atom. The zero-order valence-corrected chi connectivity index (χ0v) is 54.7. The lowest BCUT2D eigenvalue weighted by Crippen LogP contribution is -2.27. The van der Waals surface area contributed by atoms with Crippen molar-refractivity contribution in [3.63, 3.8) is 0 Å². The number of ether oxygens (including phenoxy) is 3. The Bertz CT molecular complexity index is 4120. The monoisotopic (exact) mass is 1320 g/mol. The molecule has 478 valence electrons. The number of anilines is 10. The summed E-state index contributed by atoms with van der Waals surface area (Å²) in [6.45, 7) is 6.87. The van der Waals surface area contributed by atoms with Gasteiger partial charge in [0.2, 0.25) is 11.8 Å². The fourth-order valence-electron chi connectivity index (χ4n) is 8.38. The van der Waals surface area contributed by atoms with Crippen molar-refractivity contribution in [2.45, 2.75) is 39.7 Å². The molecule has 20 nitrogen and oxygen atoms in total. The van der Waals surface area contributed by atoms with Crippen molar-refractivity contribution in [1.82, 2.24) is 29.9 Å². The number of carbonyl (C=O) groups is 2. The molecular formula is C64H67Cl4F3N14O6. The van der Waals surface area contributed by atoms with Crippen molar-refractivity contribution in [2.75, 3.05) is 98.6 Å². The molecule has 6 heterocycles. The number of benzene rings is 3. The predicted molar refractivity (Wildman–Crippen MR) is 360 cm³/mol. The molecule has 1 amide bonds. The highest BCUT2D eigenvalue weighted by molar-refractivity contribution is 6.31. The van der Waals surface area contributed by atoms with Crippen LogP contribution in [0.4, 0.5) is 75.5 Å². The second kappa shape index (κ2) is 31.8. The van der Waals surface area contributed by atoms with Gasteiger partial charge in [0.15, 0.2) is 11.6 Å². The number of ketones is 1. The first kappa shape index (κ1) is 70.5. The summed E-state index contributed by atoms with van der Waals surface area (Å²) < 4.78 is 58.4.